The van der Waals surface area contributed by atoms with E-state index in [0.29, 0.717) is 16.1 Å². The molecule has 0 aliphatic carbocycles. The summed E-state index contributed by atoms with van der Waals surface area (Å²) in [5, 5.41) is 16.5. The number of hydrogen-bond acceptors (Lipinski definition) is 4. The number of hydrazone groups is 1. The number of phenols is 1. The first-order valence-electron chi connectivity index (χ1n) is 8.06. The number of amides is 2. The summed E-state index contributed by atoms with van der Waals surface area (Å²) in [6.07, 6.45) is 1.33. The normalized spacial score (nSPS) is 12.2. The Morgan fingerprint density at radius 3 is 2.42 bits per heavy atom. The van der Waals surface area contributed by atoms with Crippen LogP contribution >= 0.6 is 11.6 Å². The van der Waals surface area contributed by atoms with Crippen molar-refractivity contribution in [3.05, 3.63) is 64.7 Å². The topological polar surface area (TPSA) is 90.8 Å². The summed E-state index contributed by atoms with van der Waals surface area (Å²) >= 11 is 6.02. The lowest BCUT2D eigenvalue weighted by molar-refractivity contribution is -0.123. The van der Waals surface area contributed by atoms with Crippen LogP contribution < -0.4 is 10.7 Å². The van der Waals surface area contributed by atoms with Crippen molar-refractivity contribution in [3.63, 3.8) is 0 Å². The molecule has 0 fully saturated rings. The van der Waals surface area contributed by atoms with E-state index in [1.54, 1.807) is 42.5 Å². The zero-order valence-corrected chi connectivity index (χ0v) is 15.2. The highest BCUT2D eigenvalue weighted by atomic mass is 35.5. The van der Waals surface area contributed by atoms with Gasteiger partial charge in [-0.25, -0.2) is 5.43 Å². The first kappa shape index (κ1) is 19.5. The lowest BCUT2D eigenvalue weighted by atomic mass is 10.0. The van der Waals surface area contributed by atoms with E-state index in [0.717, 1.165) is 0 Å². The molecule has 0 spiro atoms. The van der Waals surface area contributed by atoms with Crippen LogP contribution in [-0.4, -0.2) is 29.2 Å². The lowest BCUT2D eigenvalue weighted by Gasteiger charge is -2.20. The Morgan fingerprint density at radius 1 is 1.12 bits per heavy atom. The van der Waals surface area contributed by atoms with Gasteiger partial charge < -0.3 is 10.4 Å². The van der Waals surface area contributed by atoms with E-state index in [1.807, 2.05) is 13.8 Å². The number of nitrogens with one attached hydrogen (secondary N) is 2. The van der Waals surface area contributed by atoms with Gasteiger partial charge in [0.25, 0.3) is 11.8 Å². The SMILES string of the molecule is CC(C)C(NC(=O)c1ccccc1Cl)C(=O)NN=Cc1ccccc1O. The summed E-state index contributed by atoms with van der Waals surface area (Å²) in [6, 6.07) is 12.4. The molecule has 2 amide bonds. The van der Waals surface area contributed by atoms with Crippen LogP contribution in [-0.2, 0) is 4.79 Å². The molecule has 136 valence electrons. The monoisotopic (exact) mass is 373 g/mol. The third kappa shape index (κ3) is 5.07. The van der Waals surface area contributed by atoms with Crippen LogP contribution in [0.25, 0.3) is 0 Å². The van der Waals surface area contributed by atoms with Crippen LogP contribution in [0.4, 0.5) is 0 Å². The Labute approximate surface area is 156 Å². The molecule has 0 bridgehead atoms. The van der Waals surface area contributed by atoms with Crippen molar-refractivity contribution < 1.29 is 14.7 Å². The van der Waals surface area contributed by atoms with Gasteiger partial charge in [-0.2, -0.15) is 5.10 Å². The molecule has 0 radical (unpaired) electrons. The highest BCUT2D eigenvalue weighted by Gasteiger charge is 2.25. The molecule has 2 aromatic carbocycles. The number of rotatable bonds is 6. The van der Waals surface area contributed by atoms with Gasteiger partial charge in [-0.3, -0.25) is 9.59 Å². The minimum absolute atomic E-state index is 0.0536. The van der Waals surface area contributed by atoms with Crippen LogP contribution in [0.1, 0.15) is 29.8 Å². The van der Waals surface area contributed by atoms with Crippen LogP contribution in [0.2, 0.25) is 5.02 Å². The fraction of sp³-hybridized carbons (Fsp3) is 0.211. The minimum Gasteiger partial charge on any atom is -0.507 e. The molecule has 2 aromatic rings. The number of benzene rings is 2. The number of hydrogen-bond donors (Lipinski definition) is 3. The maximum atomic E-state index is 12.4. The molecule has 0 aromatic heterocycles. The average molecular weight is 374 g/mol. The van der Waals surface area contributed by atoms with Gasteiger partial charge in [-0.05, 0) is 30.2 Å². The standard InChI is InChI=1S/C19H20ClN3O3/c1-12(2)17(22-18(25)14-8-4-5-9-15(14)20)19(26)23-21-11-13-7-3-6-10-16(13)24/h3-12,17,24H,1-2H3,(H,22,25)(H,23,26). The van der Waals surface area contributed by atoms with E-state index < -0.39 is 17.9 Å². The van der Waals surface area contributed by atoms with E-state index in [2.05, 4.69) is 15.8 Å². The molecule has 0 saturated carbocycles. The quantitative estimate of drug-likeness (QED) is 0.537. The Hall–Kier alpha value is -2.86. The third-order valence-corrected chi connectivity index (χ3v) is 4.00. The summed E-state index contributed by atoms with van der Waals surface area (Å²) < 4.78 is 0. The first-order valence-corrected chi connectivity index (χ1v) is 8.44. The Morgan fingerprint density at radius 2 is 1.77 bits per heavy atom. The number of para-hydroxylation sites is 1. The van der Waals surface area contributed by atoms with Crippen molar-refractivity contribution in [3.8, 4) is 5.75 Å². The molecular weight excluding hydrogens is 354 g/mol. The molecule has 1 unspecified atom stereocenters. The second kappa shape index (κ2) is 9.01. The number of halogens is 1. The molecule has 26 heavy (non-hydrogen) atoms. The number of carbonyl (C=O) groups is 2. The maximum absolute atomic E-state index is 12.4. The highest BCUT2D eigenvalue weighted by Crippen LogP contribution is 2.16. The van der Waals surface area contributed by atoms with Crippen molar-refractivity contribution in [1.29, 1.82) is 0 Å². The van der Waals surface area contributed by atoms with Gasteiger partial charge >= 0.3 is 0 Å². The number of phenolic OH excluding ortho intramolecular Hbond substituents is 1. The van der Waals surface area contributed by atoms with Crippen molar-refractivity contribution in [2.45, 2.75) is 19.9 Å². The fourth-order valence-electron chi connectivity index (χ4n) is 2.23. The molecular formula is C19H20ClN3O3. The predicted octanol–water partition coefficient (Wildman–Crippen LogP) is 2.95. The summed E-state index contributed by atoms with van der Waals surface area (Å²) in [5.41, 5.74) is 3.15. The van der Waals surface area contributed by atoms with Gasteiger partial charge in [0.2, 0.25) is 0 Å². The van der Waals surface area contributed by atoms with Crippen molar-refractivity contribution >= 4 is 29.6 Å². The molecule has 7 heteroatoms. The van der Waals surface area contributed by atoms with Gasteiger partial charge in [0.05, 0.1) is 16.8 Å². The van der Waals surface area contributed by atoms with E-state index >= 15 is 0 Å². The fourth-order valence-corrected chi connectivity index (χ4v) is 2.45. The third-order valence-electron chi connectivity index (χ3n) is 3.67. The van der Waals surface area contributed by atoms with Crippen molar-refractivity contribution in [1.82, 2.24) is 10.7 Å². The largest absolute Gasteiger partial charge is 0.507 e. The van der Waals surface area contributed by atoms with E-state index in [9.17, 15) is 14.7 Å². The summed E-state index contributed by atoms with van der Waals surface area (Å²) in [4.78, 5) is 24.8. The molecule has 0 heterocycles. The molecule has 6 nitrogen and oxygen atoms in total. The summed E-state index contributed by atoms with van der Waals surface area (Å²) in [7, 11) is 0. The molecule has 1 atom stereocenters. The van der Waals surface area contributed by atoms with E-state index in [1.165, 1.54) is 12.3 Å². The van der Waals surface area contributed by atoms with Crippen LogP contribution in [0.5, 0.6) is 5.75 Å². The Bertz CT molecular complexity index is 821. The molecule has 2 rings (SSSR count). The van der Waals surface area contributed by atoms with Crippen molar-refractivity contribution in [2.24, 2.45) is 11.0 Å². The van der Waals surface area contributed by atoms with Gasteiger partial charge in [-0.1, -0.05) is 49.7 Å². The highest BCUT2D eigenvalue weighted by molar-refractivity contribution is 6.33. The van der Waals surface area contributed by atoms with Crippen molar-refractivity contribution in [2.75, 3.05) is 0 Å². The second-order valence-corrected chi connectivity index (χ2v) is 6.38. The first-order chi connectivity index (χ1) is 12.4. The van der Waals surface area contributed by atoms with E-state index in [-0.39, 0.29) is 11.7 Å². The van der Waals surface area contributed by atoms with Gasteiger partial charge in [0.1, 0.15) is 11.8 Å². The lowest BCUT2D eigenvalue weighted by Crippen LogP contribution is -2.48. The summed E-state index contributed by atoms with van der Waals surface area (Å²) in [5.74, 6) is -1.01. The molecule has 0 aliphatic rings. The smallest absolute Gasteiger partial charge is 0.262 e. The zero-order chi connectivity index (χ0) is 19.1. The summed E-state index contributed by atoms with van der Waals surface area (Å²) in [6.45, 7) is 3.62. The second-order valence-electron chi connectivity index (χ2n) is 5.97. The Balaban J connectivity index is 2.05. The maximum Gasteiger partial charge on any atom is 0.262 e. The van der Waals surface area contributed by atoms with Crippen LogP contribution in [0, 0.1) is 5.92 Å². The van der Waals surface area contributed by atoms with Gasteiger partial charge in [0, 0.05) is 5.56 Å². The average Bonchev–Trinajstić information content (AvgIpc) is 2.61. The van der Waals surface area contributed by atoms with Gasteiger partial charge in [-0.15, -0.1) is 0 Å². The van der Waals surface area contributed by atoms with Gasteiger partial charge in [0.15, 0.2) is 0 Å². The van der Waals surface area contributed by atoms with Crippen LogP contribution in [0.15, 0.2) is 53.6 Å². The number of carbonyl (C=O) groups excluding carboxylic acids is 2. The molecule has 3 N–H and O–H groups in total. The van der Waals surface area contributed by atoms with E-state index in [4.69, 9.17) is 11.6 Å². The minimum atomic E-state index is -0.791. The molecule has 0 saturated heterocycles. The Kier molecular flexibility index (Phi) is 6.74. The van der Waals surface area contributed by atoms with Crippen LogP contribution in [0.3, 0.4) is 0 Å². The number of nitrogens with zero attached hydrogens (tertiary/aromatic N) is 1. The zero-order valence-electron chi connectivity index (χ0n) is 14.4. The predicted molar refractivity (Wildman–Crippen MR) is 101 cm³/mol. The molecule has 0 aliphatic heterocycles. The number of aromatic hydroxyl groups is 1.